The van der Waals surface area contributed by atoms with Crippen molar-refractivity contribution in [2.24, 2.45) is 0 Å². The number of halogens is 1. The fourth-order valence-corrected chi connectivity index (χ4v) is 3.03. The summed E-state index contributed by atoms with van der Waals surface area (Å²) < 4.78 is 11.5. The first kappa shape index (κ1) is 16.8. The largest absolute Gasteiger partial charge is 0.488 e. The molecule has 3 aromatic rings. The topological polar surface area (TPSA) is 38.8 Å². The smallest absolute Gasteiger partial charge is 0.198 e. The van der Waals surface area contributed by atoms with Crippen LogP contribution in [0, 0.1) is 0 Å². The standard InChI is InChI=1S/C22H17ClO3/c23-17-12-10-16(11-13-17)21-22(26-21)20(24)18-8-4-5-9-19(18)25-14-15-6-2-1-3-7-15/h1-13,21-22H,14H2/t21-,22+/m0/s1. The maximum Gasteiger partial charge on any atom is 0.198 e. The molecule has 2 atom stereocenters. The van der Waals surface area contributed by atoms with Crippen LogP contribution in [0.1, 0.15) is 27.6 Å². The Bertz CT molecular complexity index is 906. The molecule has 1 aliphatic heterocycles. The summed E-state index contributed by atoms with van der Waals surface area (Å²) in [6.45, 7) is 0.414. The number of carbonyl (C=O) groups excluding carboxylic acids is 1. The summed E-state index contributed by atoms with van der Waals surface area (Å²) in [5.74, 6) is 0.514. The van der Waals surface area contributed by atoms with E-state index >= 15 is 0 Å². The average Bonchev–Trinajstić information content (AvgIpc) is 3.48. The third-order valence-corrected chi connectivity index (χ3v) is 4.59. The van der Waals surface area contributed by atoms with E-state index in [1.165, 1.54) is 0 Å². The molecule has 0 radical (unpaired) electrons. The van der Waals surface area contributed by atoms with Gasteiger partial charge in [0.25, 0.3) is 0 Å². The molecule has 0 amide bonds. The number of benzene rings is 3. The zero-order chi connectivity index (χ0) is 17.9. The highest BCUT2D eigenvalue weighted by atomic mass is 35.5. The van der Waals surface area contributed by atoms with E-state index in [2.05, 4.69) is 0 Å². The molecular weight excluding hydrogens is 348 g/mol. The van der Waals surface area contributed by atoms with Gasteiger partial charge in [-0.1, -0.05) is 66.2 Å². The van der Waals surface area contributed by atoms with Crippen LogP contribution in [-0.2, 0) is 11.3 Å². The fraction of sp³-hybridized carbons (Fsp3) is 0.136. The van der Waals surface area contributed by atoms with E-state index in [1.807, 2.05) is 60.7 Å². The lowest BCUT2D eigenvalue weighted by Gasteiger charge is -2.10. The molecule has 0 aliphatic carbocycles. The number of Topliss-reactive ketones (excluding diaryl/α,β-unsaturated/α-hetero) is 1. The molecule has 1 aliphatic rings. The van der Waals surface area contributed by atoms with Crippen molar-refractivity contribution >= 4 is 17.4 Å². The van der Waals surface area contributed by atoms with Crippen molar-refractivity contribution in [1.29, 1.82) is 0 Å². The highest BCUT2D eigenvalue weighted by Gasteiger charge is 2.46. The van der Waals surface area contributed by atoms with Crippen LogP contribution in [0.2, 0.25) is 5.02 Å². The van der Waals surface area contributed by atoms with Crippen molar-refractivity contribution in [1.82, 2.24) is 0 Å². The molecule has 3 aromatic carbocycles. The van der Waals surface area contributed by atoms with E-state index in [4.69, 9.17) is 21.1 Å². The van der Waals surface area contributed by atoms with Gasteiger partial charge in [0.1, 0.15) is 18.5 Å². The van der Waals surface area contributed by atoms with Gasteiger partial charge in [0, 0.05) is 5.02 Å². The van der Waals surface area contributed by atoms with E-state index in [0.29, 0.717) is 22.9 Å². The molecule has 130 valence electrons. The van der Waals surface area contributed by atoms with Crippen LogP contribution in [0.4, 0.5) is 0 Å². The number of hydrogen-bond donors (Lipinski definition) is 0. The number of hydrogen-bond acceptors (Lipinski definition) is 3. The second-order valence-corrected chi connectivity index (χ2v) is 6.60. The molecule has 0 unspecified atom stereocenters. The molecule has 0 bridgehead atoms. The van der Waals surface area contributed by atoms with Crippen LogP contribution in [0.15, 0.2) is 78.9 Å². The van der Waals surface area contributed by atoms with Crippen LogP contribution in [0.3, 0.4) is 0 Å². The quantitative estimate of drug-likeness (QED) is 0.443. The van der Waals surface area contributed by atoms with Crippen molar-refractivity contribution in [3.8, 4) is 5.75 Å². The summed E-state index contributed by atoms with van der Waals surface area (Å²) in [5, 5.41) is 0.664. The Morgan fingerprint density at radius 2 is 1.62 bits per heavy atom. The second-order valence-electron chi connectivity index (χ2n) is 6.16. The number of ether oxygens (including phenoxy) is 2. The van der Waals surface area contributed by atoms with Crippen LogP contribution in [0.5, 0.6) is 5.75 Å². The molecule has 3 nitrogen and oxygen atoms in total. The second kappa shape index (κ2) is 7.32. The summed E-state index contributed by atoms with van der Waals surface area (Å²) >= 11 is 5.91. The van der Waals surface area contributed by atoms with Crippen LogP contribution in [0.25, 0.3) is 0 Å². The first-order chi connectivity index (χ1) is 12.7. The molecule has 4 heteroatoms. The maximum atomic E-state index is 12.9. The van der Waals surface area contributed by atoms with Crippen molar-refractivity contribution in [3.63, 3.8) is 0 Å². The lowest BCUT2D eigenvalue weighted by molar-refractivity contribution is 0.0949. The third-order valence-electron chi connectivity index (χ3n) is 4.34. The summed E-state index contributed by atoms with van der Waals surface area (Å²) in [6.07, 6.45) is -0.695. The zero-order valence-electron chi connectivity index (χ0n) is 14.0. The van der Waals surface area contributed by atoms with Gasteiger partial charge in [0.05, 0.1) is 5.56 Å². The van der Waals surface area contributed by atoms with Gasteiger partial charge in [-0.25, -0.2) is 0 Å². The lowest BCUT2D eigenvalue weighted by atomic mass is 10.0. The van der Waals surface area contributed by atoms with E-state index in [9.17, 15) is 4.79 Å². The van der Waals surface area contributed by atoms with E-state index in [1.54, 1.807) is 18.2 Å². The molecule has 0 saturated carbocycles. The van der Waals surface area contributed by atoms with Gasteiger partial charge in [-0.15, -0.1) is 0 Å². The zero-order valence-corrected chi connectivity index (χ0v) is 14.7. The van der Waals surface area contributed by atoms with Gasteiger partial charge in [-0.3, -0.25) is 4.79 Å². The Morgan fingerprint density at radius 1 is 0.923 bits per heavy atom. The van der Waals surface area contributed by atoms with E-state index < -0.39 is 6.10 Å². The Balaban J connectivity index is 1.48. The highest BCUT2D eigenvalue weighted by molar-refractivity contribution is 6.30. The highest BCUT2D eigenvalue weighted by Crippen LogP contribution is 2.42. The van der Waals surface area contributed by atoms with Gasteiger partial charge in [0.2, 0.25) is 0 Å². The first-order valence-electron chi connectivity index (χ1n) is 8.43. The molecule has 4 rings (SSSR count). The Hall–Kier alpha value is -2.62. The molecule has 0 N–H and O–H groups in total. The lowest BCUT2D eigenvalue weighted by Crippen LogP contribution is -2.10. The van der Waals surface area contributed by atoms with Crippen LogP contribution < -0.4 is 4.74 Å². The molecule has 1 saturated heterocycles. The molecular formula is C22H17ClO3. The number of ketones is 1. The van der Waals surface area contributed by atoms with Gasteiger partial charge in [-0.2, -0.15) is 0 Å². The summed E-state index contributed by atoms with van der Waals surface area (Å²) in [6, 6.07) is 24.5. The SMILES string of the molecule is O=C(c1ccccc1OCc1ccccc1)[C@H]1O[C@H]1c1ccc(Cl)cc1. The molecule has 26 heavy (non-hydrogen) atoms. The summed E-state index contributed by atoms with van der Waals surface area (Å²) in [5.41, 5.74) is 2.55. The Labute approximate surface area is 157 Å². The number of epoxide rings is 1. The average molecular weight is 365 g/mol. The minimum Gasteiger partial charge on any atom is -0.488 e. The van der Waals surface area contributed by atoms with E-state index in [-0.39, 0.29) is 11.9 Å². The Kier molecular flexibility index (Phi) is 4.74. The van der Waals surface area contributed by atoms with Gasteiger partial charge < -0.3 is 9.47 Å². The predicted octanol–water partition coefficient (Wildman–Crippen LogP) is 5.24. The van der Waals surface area contributed by atoms with Crippen molar-refractivity contribution < 1.29 is 14.3 Å². The van der Waals surface area contributed by atoms with Crippen molar-refractivity contribution in [2.75, 3.05) is 0 Å². The monoisotopic (exact) mass is 364 g/mol. The van der Waals surface area contributed by atoms with E-state index in [0.717, 1.165) is 11.1 Å². The maximum absolute atomic E-state index is 12.9. The van der Waals surface area contributed by atoms with Crippen molar-refractivity contribution in [2.45, 2.75) is 18.8 Å². The molecule has 1 heterocycles. The minimum atomic E-state index is -0.474. The number of rotatable bonds is 6. The van der Waals surface area contributed by atoms with Gasteiger partial charge in [-0.05, 0) is 35.4 Å². The summed E-state index contributed by atoms with van der Waals surface area (Å²) in [7, 11) is 0. The number of para-hydroxylation sites is 1. The molecule has 1 fully saturated rings. The normalized spacial score (nSPS) is 18.3. The predicted molar refractivity (Wildman–Crippen MR) is 101 cm³/mol. The first-order valence-corrected chi connectivity index (χ1v) is 8.81. The summed E-state index contributed by atoms with van der Waals surface area (Å²) in [4.78, 5) is 12.9. The van der Waals surface area contributed by atoms with Crippen molar-refractivity contribution in [3.05, 3.63) is 101 Å². The third kappa shape index (κ3) is 3.64. The Morgan fingerprint density at radius 3 is 2.38 bits per heavy atom. The number of carbonyl (C=O) groups is 1. The van der Waals surface area contributed by atoms with Crippen LogP contribution in [-0.4, -0.2) is 11.9 Å². The molecule has 0 spiro atoms. The van der Waals surface area contributed by atoms with Gasteiger partial charge >= 0.3 is 0 Å². The van der Waals surface area contributed by atoms with Crippen LogP contribution >= 0.6 is 11.6 Å². The molecule has 0 aromatic heterocycles. The minimum absolute atomic E-state index is 0.0615. The fourth-order valence-electron chi connectivity index (χ4n) is 2.90. The van der Waals surface area contributed by atoms with Gasteiger partial charge in [0.15, 0.2) is 11.9 Å².